The van der Waals surface area contributed by atoms with Gasteiger partial charge in [-0.2, -0.15) is 0 Å². The zero-order chi connectivity index (χ0) is 47.5. The molecule has 0 aromatic heterocycles. The highest BCUT2D eigenvalue weighted by Gasteiger charge is 2.41. The van der Waals surface area contributed by atoms with Crippen LogP contribution in [-0.4, -0.2) is 143 Å². The monoisotopic (exact) mass is 912 g/mol. The third-order valence-corrected chi connectivity index (χ3v) is 9.79. The summed E-state index contributed by atoms with van der Waals surface area (Å²) < 4.78 is 81.5. The lowest BCUT2D eigenvalue weighted by Gasteiger charge is -2.36. The van der Waals surface area contributed by atoms with Crippen LogP contribution < -0.4 is 56.8 Å². The molecule has 0 saturated carbocycles. The van der Waals surface area contributed by atoms with E-state index in [0.29, 0.717) is 0 Å². The first-order valence-electron chi connectivity index (χ1n) is 19.2. The maximum Gasteiger partial charge on any atom is 0.343 e. The number of methoxy groups -OCH3 is 10. The van der Waals surface area contributed by atoms with Gasteiger partial charge in [0.15, 0.2) is 52.1 Å². The second-order valence-electron chi connectivity index (χ2n) is 13.4. The molecule has 4 aromatic carbocycles. The molecule has 350 valence electrons. The molecule has 1 fully saturated rings. The Morgan fingerprint density at radius 2 is 0.754 bits per heavy atom. The molecule has 0 unspecified atom stereocenters. The Morgan fingerprint density at radius 1 is 0.446 bits per heavy atom. The number of hydrogen-bond acceptors (Lipinski definition) is 21. The van der Waals surface area contributed by atoms with E-state index in [0.717, 1.165) is 6.07 Å². The lowest BCUT2D eigenvalue weighted by molar-refractivity contribution is -0.196. The van der Waals surface area contributed by atoms with E-state index < -0.39 is 61.5 Å². The normalized spacial score (nSPS) is 16.5. The number of rotatable bonds is 19. The Labute approximate surface area is 372 Å². The molecule has 1 aliphatic heterocycles. The van der Waals surface area contributed by atoms with Crippen molar-refractivity contribution in [3.05, 3.63) is 70.8 Å². The molecule has 4 atom stereocenters. The quantitative estimate of drug-likeness (QED) is 0.101. The molecule has 0 amide bonds. The summed E-state index contributed by atoms with van der Waals surface area (Å²) in [6.45, 7) is -0.910. The van der Waals surface area contributed by atoms with Gasteiger partial charge < -0.3 is 81.3 Å². The summed E-state index contributed by atoms with van der Waals surface area (Å²) in [5, 5.41) is 21.9. The molecule has 1 heterocycles. The summed E-state index contributed by atoms with van der Waals surface area (Å²) in [7, 11) is 13.4. The number of aliphatic hydroxyl groups excluding tert-OH is 2. The fraction of sp³-hybridized carbons (Fsp3) is 0.364. The first kappa shape index (κ1) is 48.7. The number of carbonyl (C=O) groups excluding carboxylic acids is 4. The van der Waals surface area contributed by atoms with Gasteiger partial charge in [-0.05, 0) is 48.5 Å². The van der Waals surface area contributed by atoms with Crippen LogP contribution in [-0.2, 0) is 14.2 Å². The molecule has 4 aromatic rings. The van der Waals surface area contributed by atoms with Crippen LogP contribution in [0.1, 0.15) is 41.4 Å². The molecule has 1 aliphatic rings. The molecule has 0 aliphatic carbocycles. The summed E-state index contributed by atoms with van der Waals surface area (Å²) in [6.07, 6.45) is -6.00. The van der Waals surface area contributed by atoms with E-state index in [1.807, 2.05) is 0 Å². The van der Waals surface area contributed by atoms with Crippen molar-refractivity contribution in [2.75, 3.05) is 84.3 Å². The van der Waals surface area contributed by atoms with Crippen LogP contribution >= 0.6 is 0 Å². The van der Waals surface area contributed by atoms with Gasteiger partial charge in [-0.3, -0.25) is 0 Å². The van der Waals surface area contributed by atoms with Gasteiger partial charge in [0, 0.05) is 0 Å². The number of hydrogen-bond donors (Lipinski definition) is 2. The van der Waals surface area contributed by atoms with E-state index in [2.05, 4.69) is 0 Å². The largest absolute Gasteiger partial charge is 0.493 e. The van der Waals surface area contributed by atoms with E-state index in [4.69, 9.17) is 71.1 Å². The van der Waals surface area contributed by atoms with Gasteiger partial charge in [0.25, 0.3) is 0 Å². The minimum atomic E-state index is -1.70. The standard InChI is InChI=1S/C44H48O21/c1-51-25-11-21(12-26(52-2)37(25)57-7)41(47)62-19-33-35(45)36(46)34(20-61-33)65-44(50)24-16-30(56-6)40(60-10)32(18-24)64-43(49)23-15-29(55-5)39(59-9)31(17-23)63-42(48)22-13-27(53-3)38(58-8)28(14-22)54-4/h11-18,33-36,45-46H,19-20H2,1-10H3/t33-,34+,35-,36-/m1/s1. The minimum absolute atomic E-state index is 0.00901. The number of benzene rings is 4. The molecular weight excluding hydrogens is 864 g/mol. The number of aliphatic hydroxyl groups is 2. The Bertz CT molecular complexity index is 2330. The van der Waals surface area contributed by atoms with E-state index in [9.17, 15) is 29.4 Å². The van der Waals surface area contributed by atoms with Crippen LogP contribution in [0.3, 0.4) is 0 Å². The third kappa shape index (κ3) is 10.5. The third-order valence-electron chi connectivity index (χ3n) is 9.79. The molecule has 0 radical (unpaired) electrons. The molecule has 0 spiro atoms. The maximum absolute atomic E-state index is 13.8. The van der Waals surface area contributed by atoms with Crippen molar-refractivity contribution in [2.45, 2.75) is 24.4 Å². The van der Waals surface area contributed by atoms with Gasteiger partial charge in [-0.1, -0.05) is 0 Å². The van der Waals surface area contributed by atoms with Crippen molar-refractivity contribution in [3.8, 4) is 69.0 Å². The Hall–Kier alpha value is -7.36. The van der Waals surface area contributed by atoms with Crippen molar-refractivity contribution in [1.82, 2.24) is 0 Å². The molecule has 65 heavy (non-hydrogen) atoms. The van der Waals surface area contributed by atoms with Gasteiger partial charge >= 0.3 is 23.9 Å². The maximum atomic E-state index is 13.8. The number of ether oxygens (including phenoxy) is 15. The number of carbonyl (C=O) groups is 4. The second-order valence-corrected chi connectivity index (χ2v) is 13.4. The van der Waals surface area contributed by atoms with Gasteiger partial charge in [-0.25, -0.2) is 19.2 Å². The lowest BCUT2D eigenvalue weighted by atomic mass is 10.0. The molecule has 5 rings (SSSR count). The van der Waals surface area contributed by atoms with Crippen LogP contribution in [0.5, 0.6) is 69.0 Å². The predicted molar refractivity (Wildman–Crippen MR) is 222 cm³/mol. The first-order valence-corrected chi connectivity index (χ1v) is 19.2. The molecule has 1 saturated heterocycles. The average molecular weight is 913 g/mol. The molecule has 21 heteroatoms. The van der Waals surface area contributed by atoms with Crippen LogP contribution in [0.15, 0.2) is 48.5 Å². The lowest BCUT2D eigenvalue weighted by Crippen LogP contribution is -2.55. The van der Waals surface area contributed by atoms with Crippen LogP contribution in [0, 0.1) is 0 Å². The average Bonchev–Trinajstić information content (AvgIpc) is 3.32. The summed E-state index contributed by atoms with van der Waals surface area (Å²) >= 11 is 0. The highest BCUT2D eigenvalue weighted by molar-refractivity contribution is 5.97. The molecule has 21 nitrogen and oxygen atoms in total. The van der Waals surface area contributed by atoms with Crippen molar-refractivity contribution in [2.24, 2.45) is 0 Å². The van der Waals surface area contributed by atoms with E-state index in [-0.39, 0.29) is 91.2 Å². The highest BCUT2D eigenvalue weighted by atomic mass is 16.6. The summed E-state index contributed by atoms with van der Waals surface area (Å²) in [6, 6.07) is 10.3. The van der Waals surface area contributed by atoms with Crippen molar-refractivity contribution in [1.29, 1.82) is 0 Å². The molecule has 2 N–H and O–H groups in total. The summed E-state index contributed by atoms with van der Waals surface area (Å²) in [4.78, 5) is 53.8. The van der Waals surface area contributed by atoms with Crippen LogP contribution in [0.4, 0.5) is 0 Å². The fourth-order valence-corrected chi connectivity index (χ4v) is 6.51. The van der Waals surface area contributed by atoms with Crippen LogP contribution in [0.25, 0.3) is 0 Å². The van der Waals surface area contributed by atoms with Gasteiger partial charge in [0.05, 0.1) is 100.0 Å². The summed E-state index contributed by atoms with van der Waals surface area (Å²) in [5.41, 5.74) is -0.407. The van der Waals surface area contributed by atoms with E-state index in [1.165, 1.54) is 114 Å². The predicted octanol–water partition coefficient (Wildman–Crippen LogP) is 3.71. The van der Waals surface area contributed by atoms with Crippen molar-refractivity contribution < 1.29 is 100 Å². The van der Waals surface area contributed by atoms with Crippen molar-refractivity contribution in [3.63, 3.8) is 0 Å². The smallest absolute Gasteiger partial charge is 0.343 e. The Morgan fingerprint density at radius 3 is 1.09 bits per heavy atom. The Balaban J connectivity index is 1.32. The van der Waals surface area contributed by atoms with E-state index in [1.54, 1.807) is 0 Å². The SMILES string of the molecule is COc1cc(C(=O)OC[C@H]2OC[C@H](OC(=O)c3cc(OC)c(OC)c(OC(=O)c4cc(OC)c(OC)c(OC(=O)c5cc(OC)c(OC)c(OC)c5)c4)c3)[C@@H](O)[C@@H]2O)cc(OC)c1OC. The Kier molecular flexibility index (Phi) is 16.3. The van der Waals surface area contributed by atoms with Crippen LogP contribution in [0.2, 0.25) is 0 Å². The molecule has 0 bridgehead atoms. The summed E-state index contributed by atoms with van der Waals surface area (Å²) in [5.74, 6) is -3.36. The zero-order valence-electron chi connectivity index (χ0n) is 37.0. The molecular formula is C44H48O21. The van der Waals surface area contributed by atoms with Gasteiger partial charge in [0.1, 0.15) is 24.9 Å². The topological polar surface area (TPSA) is 247 Å². The van der Waals surface area contributed by atoms with Gasteiger partial charge in [0.2, 0.25) is 23.0 Å². The fourth-order valence-electron chi connectivity index (χ4n) is 6.51. The van der Waals surface area contributed by atoms with Crippen molar-refractivity contribution >= 4 is 23.9 Å². The second kappa shape index (κ2) is 21.8. The minimum Gasteiger partial charge on any atom is -0.493 e. The number of esters is 4. The zero-order valence-corrected chi connectivity index (χ0v) is 37.0. The first-order chi connectivity index (χ1) is 31.2. The van der Waals surface area contributed by atoms with Gasteiger partial charge in [-0.15, -0.1) is 0 Å². The highest BCUT2D eigenvalue weighted by Crippen LogP contribution is 2.43. The van der Waals surface area contributed by atoms with E-state index >= 15 is 0 Å².